The van der Waals surface area contributed by atoms with Gasteiger partial charge in [-0.05, 0) is 31.5 Å². The highest BCUT2D eigenvalue weighted by molar-refractivity contribution is 5.94. The summed E-state index contributed by atoms with van der Waals surface area (Å²) in [6, 6.07) is 3.24. The molecule has 0 aliphatic heterocycles. The van der Waals surface area contributed by atoms with E-state index in [0.29, 0.717) is 6.42 Å². The van der Waals surface area contributed by atoms with Gasteiger partial charge in [-0.3, -0.25) is 4.79 Å². The van der Waals surface area contributed by atoms with E-state index >= 15 is 0 Å². The molecule has 104 valence electrons. The van der Waals surface area contributed by atoms with Crippen LogP contribution in [0.5, 0.6) is 0 Å². The zero-order valence-electron chi connectivity index (χ0n) is 10.8. The fourth-order valence-corrected chi connectivity index (χ4v) is 1.42. The molecule has 0 aromatic heterocycles. The Morgan fingerprint density at radius 1 is 1.47 bits per heavy atom. The minimum Gasteiger partial charge on any atom is -0.478 e. The number of rotatable bonds is 6. The fraction of sp³-hybridized carbons (Fsp3) is 0.385. The Labute approximate surface area is 110 Å². The van der Waals surface area contributed by atoms with Crippen molar-refractivity contribution in [2.24, 2.45) is 0 Å². The van der Waals surface area contributed by atoms with Gasteiger partial charge in [-0.2, -0.15) is 0 Å². The van der Waals surface area contributed by atoms with Gasteiger partial charge in [0.05, 0.1) is 17.4 Å². The summed E-state index contributed by atoms with van der Waals surface area (Å²) in [7, 11) is 1.54. The second-order valence-electron chi connectivity index (χ2n) is 4.13. The van der Waals surface area contributed by atoms with Crippen LogP contribution < -0.4 is 5.32 Å². The lowest BCUT2D eigenvalue weighted by Crippen LogP contribution is -2.16. The molecule has 1 aromatic carbocycles. The van der Waals surface area contributed by atoms with E-state index in [1.807, 2.05) is 6.92 Å². The van der Waals surface area contributed by atoms with Crippen LogP contribution in [0.4, 0.5) is 10.1 Å². The van der Waals surface area contributed by atoms with Gasteiger partial charge >= 0.3 is 5.97 Å². The van der Waals surface area contributed by atoms with Crippen LogP contribution in [0.1, 0.15) is 30.1 Å². The van der Waals surface area contributed by atoms with Gasteiger partial charge in [0.2, 0.25) is 5.91 Å². The van der Waals surface area contributed by atoms with Crippen molar-refractivity contribution in [1.29, 1.82) is 0 Å². The molecule has 5 nitrogen and oxygen atoms in total. The van der Waals surface area contributed by atoms with Crippen LogP contribution in [0.3, 0.4) is 0 Å². The second kappa shape index (κ2) is 6.84. The number of hydrogen-bond acceptors (Lipinski definition) is 3. The highest BCUT2D eigenvalue weighted by atomic mass is 19.1. The molecule has 2 N–H and O–H groups in total. The largest absolute Gasteiger partial charge is 0.478 e. The van der Waals surface area contributed by atoms with Crippen molar-refractivity contribution in [2.75, 3.05) is 12.4 Å². The van der Waals surface area contributed by atoms with E-state index in [2.05, 4.69) is 5.32 Å². The zero-order chi connectivity index (χ0) is 14.4. The molecule has 0 spiro atoms. The quantitative estimate of drug-likeness (QED) is 0.830. The van der Waals surface area contributed by atoms with Crippen molar-refractivity contribution in [2.45, 2.75) is 25.9 Å². The zero-order valence-corrected chi connectivity index (χ0v) is 10.8. The van der Waals surface area contributed by atoms with Gasteiger partial charge in [-0.15, -0.1) is 0 Å². The van der Waals surface area contributed by atoms with Gasteiger partial charge in [0.1, 0.15) is 5.82 Å². The number of carboxylic acid groups (broad SMARTS) is 1. The monoisotopic (exact) mass is 269 g/mol. The minimum absolute atomic E-state index is 0.0686. The molecule has 0 aliphatic rings. The predicted octanol–water partition coefficient (Wildman–Crippen LogP) is 2.28. The molecular formula is C13H16FNO4. The van der Waals surface area contributed by atoms with Crippen molar-refractivity contribution in [3.63, 3.8) is 0 Å². The summed E-state index contributed by atoms with van der Waals surface area (Å²) in [5, 5.41) is 11.1. The summed E-state index contributed by atoms with van der Waals surface area (Å²) < 4.78 is 18.4. The van der Waals surface area contributed by atoms with Crippen LogP contribution in [0.25, 0.3) is 0 Å². The number of carbonyl (C=O) groups excluding carboxylic acids is 1. The van der Waals surface area contributed by atoms with E-state index in [4.69, 9.17) is 9.84 Å². The molecule has 0 radical (unpaired) electrons. The fourth-order valence-electron chi connectivity index (χ4n) is 1.42. The summed E-state index contributed by atoms with van der Waals surface area (Å²) in [5.41, 5.74) is -0.211. The lowest BCUT2D eigenvalue weighted by atomic mass is 10.1. The molecule has 1 aromatic rings. The van der Waals surface area contributed by atoms with Crippen LogP contribution in [0.15, 0.2) is 18.2 Å². The molecule has 0 fully saturated rings. The Balaban J connectivity index is 2.68. The Hall–Kier alpha value is -1.95. The Bertz CT molecular complexity index is 476. The molecule has 19 heavy (non-hydrogen) atoms. The minimum atomic E-state index is -1.18. The van der Waals surface area contributed by atoms with Gasteiger partial charge in [0.15, 0.2) is 0 Å². The average molecular weight is 269 g/mol. The van der Waals surface area contributed by atoms with Crippen molar-refractivity contribution >= 4 is 17.6 Å². The van der Waals surface area contributed by atoms with Crippen molar-refractivity contribution in [3.05, 3.63) is 29.6 Å². The maximum atomic E-state index is 13.4. The number of carbonyl (C=O) groups is 2. The topological polar surface area (TPSA) is 75.6 Å². The molecule has 0 aliphatic carbocycles. The Morgan fingerprint density at radius 3 is 2.74 bits per heavy atom. The normalized spacial score (nSPS) is 11.9. The first-order valence-electron chi connectivity index (χ1n) is 5.79. The van der Waals surface area contributed by atoms with E-state index in [9.17, 15) is 14.0 Å². The summed E-state index contributed by atoms with van der Waals surface area (Å²) in [5.74, 6) is -2.23. The van der Waals surface area contributed by atoms with E-state index in [1.165, 1.54) is 0 Å². The number of halogens is 1. The van der Waals surface area contributed by atoms with Crippen LogP contribution >= 0.6 is 0 Å². The highest BCUT2D eigenvalue weighted by Gasteiger charge is 2.12. The van der Waals surface area contributed by atoms with Crippen molar-refractivity contribution < 1.29 is 23.8 Å². The second-order valence-corrected chi connectivity index (χ2v) is 4.13. The first-order chi connectivity index (χ1) is 8.93. The number of hydrogen-bond donors (Lipinski definition) is 2. The lowest BCUT2D eigenvalue weighted by molar-refractivity contribution is -0.116. The molecule has 1 atom stereocenters. The molecule has 0 saturated heterocycles. The molecule has 0 saturated carbocycles. The molecule has 1 amide bonds. The van der Waals surface area contributed by atoms with Crippen LogP contribution in [-0.2, 0) is 9.53 Å². The summed E-state index contributed by atoms with van der Waals surface area (Å²) in [6.45, 7) is 1.82. The number of aromatic carboxylic acids is 1. The third-order valence-corrected chi connectivity index (χ3v) is 2.67. The molecule has 6 heteroatoms. The van der Waals surface area contributed by atoms with Crippen LogP contribution in [-0.4, -0.2) is 30.2 Å². The lowest BCUT2D eigenvalue weighted by Gasteiger charge is -2.10. The summed E-state index contributed by atoms with van der Waals surface area (Å²) >= 11 is 0. The number of carboxylic acids is 1. The number of amides is 1. The maximum Gasteiger partial charge on any atom is 0.335 e. The first-order valence-corrected chi connectivity index (χ1v) is 5.79. The van der Waals surface area contributed by atoms with E-state index < -0.39 is 11.8 Å². The SMILES string of the molecule is COC(C)CCC(=O)Nc1cc(C(=O)O)ccc1F. The number of benzene rings is 1. The number of nitrogens with one attached hydrogen (secondary N) is 1. The molecule has 0 heterocycles. The standard InChI is InChI=1S/C13H16FNO4/c1-8(19-2)3-6-12(16)15-11-7-9(13(17)18)4-5-10(11)14/h4-5,7-8H,3,6H2,1-2H3,(H,15,16)(H,17,18). The van der Waals surface area contributed by atoms with E-state index in [0.717, 1.165) is 18.2 Å². The predicted molar refractivity (Wildman–Crippen MR) is 67.7 cm³/mol. The highest BCUT2D eigenvalue weighted by Crippen LogP contribution is 2.17. The van der Waals surface area contributed by atoms with Crippen LogP contribution in [0.2, 0.25) is 0 Å². The van der Waals surface area contributed by atoms with Gasteiger partial charge in [-0.1, -0.05) is 0 Å². The van der Waals surface area contributed by atoms with Gasteiger partial charge in [0, 0.05) is 13.5 Å². The third-order valence-electron chi connectivity index (χ3n) is 2.67. The van der Waals surface area contributed by atoms with Gasteiger partial charge in [-0.25, -0.2) is 9.18 Å². The molecule has 1 rings (SSSR count). The molecule has 1 unspecified atom stereocenters. The van der Waals surface area contributed by atoms with Gasteiger partial charge in [0.25, 0.3) is 0 Å². The van der Waals surface area contributed by atoms with E-state index in [-0.39, 0.29) is 29.7 Å². The number of methoxy groups -OCH3 is 1. The smallest absolute Gasteiger partial charge is 0.335 e. The summed E-state index contributed by atoms with van der Waals surface area (Å²) in [6.07, 6.45) is 0.606. The molecule has 0 bridgehead atoms. The van der Waals surface area contributed by atoms with Crippen molar-refractivity contribution in [3.8, 4) is 0 Å². The first kappa shape index (κ1) is 15.1. The third kappa shape index (κ3) is 4.67. The summed E-state index contributed by atoms with van der Waals surface area (Å²) in [4.78, 5) is 22.3. The Morgan fingerprint density at radius 2 is 2.16 bits per heavy atom. The van der Waals surface area contributed by atoms with Crippen molar-refractivity contribution in [1.82, 2.24) is 0 Å². The average Bonchev–Trinajstić information content (AvgIpc) is 2.38. The Kier molecular flexibility index (Phi) is 5.44. The van der Waals surface area contributed by atoms with Gasteiger partial charge < -0.3 is 15.2 Å². The van der Waals surface area contributed by atoms with Crippen LogP contribution in [0, 0.1) is 5.82 Å². The number of ether oxygens (including phenoxy) is 1. The molecular weight excluding hydrogens is 253 g/mol. The number of anilines is 1. The van der Waals surface area contributed by atoms with E-state index in [1.54, 1.807) is 7.11 Å². The maximum absolute atomic E-state index is 13.4.